The van der Waals surface area contributed by atoms with Crippen LogP contribution in [0.3, 0.4) is 0 Å². The van der Waals surface area contributed by atoms with Crippen LogP contribution < -0.4 is 5.32 Å². The van der Waals surface area contributed by atoms with E-state index in [1.54, 1.807) is 6.92 Å². The summed E-state index contributed by atoms with van der Waals surface area (Å²) in [6.07, 6.45) is 0.100. The second-order valence-electron chi connectivity index (χ2n) is 7.18. The Labute approximate surface area is 153 Å². The Bertz CT molecular complexity index is 770. The van der Waals surface area contributed by atoms with Crippen LogP contribution in [0.2, 0.25) is 0 Å². The summed E-state index contributed by atoms with van der Waals surface area (Å²) >= 11 is 0. The van der Waals surface area contributed by atoms with Gasteiger partial charge in [0, 0.05) is 12.1 Å². The number of rotatable bonds is 4. The van der Waals surface area contributed by atoms with Crippen molar-refractivity contribution in [2.24, 2.45) is 0 Å². The van der Waals surface area contributed by atoms with Gasteiger partial charge in [-0.05, 0) is 41.7 Å². The minimum absolute atomic E-state index is 0.0250. The molecule has 2 heterocycles. The van der Waals surface area contributed by atoms with Gasteiger partial charge in [-0.25, -0.2) is 0 Å². The van der Waals surface area contributed by atoms with E-state index < -0.39 is 11.9 Å². The van der Waals surface area contributed by atoms with Crippen molar-refractivity contribution >= 4 is 0 Å². The Hall–Kier alpha value is -1.76. The highest BCUT2D eigenvalue weighted by Crippen LogP contribution is 2.40. The van der Waals surface area contributed by atoms with Crippen LogP contribution in [0, 0.1) is 0 Å². The summed E-state index contributed by atoms with van der Waals surface area (Å²) < 4.78 is 12.1. The van der Waals surface area contributed by atoms with Crippen molar-refractivity contribution in [3.05, 3.63) is 70.3 Å². The molecule has 3 atom stereocenters. The normalized spacial score (nSPS) is 26.0. The predicted octanol–water partition coefficient (Wildman–Crippen LogP) is 1.99. The van der Waals surface area contributed by atoms with Crippen molar-refractivity contribution in [3.63, 3.8) is 0 Å². The highest BCUT2D eigenvalue weighted by atomic mass is 16.7. The maximum Gasteiger partial charge on any atom is 0.208 e. The van der Waals surface area contributed by atoms with E-state index in [0.29, 0.717) is 19.7 Å². The molecule has 0 radical (unpaired) electrons. The zero-order chi connectivity index (χ0) is 18.1. The van der Waals surface area contributed by atoms with Gasteiger partial charge in [0.15, 0.2) is 0 Å². The molecule has 3 N–H and O–H groups in total. The van der Waals surface area contributed by atoms with E-state index in [1.165, 1.54) is 11.1 Å². The fourth-order valence-electron chi connectivity index (χ4n) is 3.73. The van der Waals surface area contributed by atoms with Gasteiger partial charge in [0.2, 0.25) is 5.79 Å². The maximum atomic E-state index is 9.64. The molecule has 5 heteroatoms. The van der Waals surface area contributed by atoms with Crippen LogP contribution in [-0.4, -0.2) is 36.0 Å². The van der Waals surface area contributed by atoms with Gasteiger partial charge >= 0.3 is 0 Å². The quantitative estimate of drug-likeness (QED) is 0.782. The van der Waals surface area contributed by atoms with Crippen molar-refractivity contribution in [1.82, 2.24) is 5.32 Å². The number of fused-ring (bicyclic) bond motifs is 2. The van der Waals surface area contributed by atoms with Crippen LogP contribution in [0.25, 0.3) is 0 Å². The van der Waals surface area contributed by atoms with Gasteiger partial charge in [-0.3, -0.25) is 0 Å². The molecule has 1 spiro atoms. The van der Waals surface area contributed by atoms with Gasteiger partial charge < -0.3 is 25.0 Å². The van der Waals surface area contributed by atoms with Gasteiger partial charge in [-0.1, -0.05) is 36.4 Å². The average molecular weight is 355 g/mol. The lowest BCUT2D eigenvalue weighted by atomic mass is 9.95. The Morgan fingerprint density at radius 1 is 1.19 bits per heavy atom. The topological polar surface area (TPSA) is 71.0 Å². The van der Waals surface area contributed by atoms with Crippen molar-refractivity contribution in [1.29, 1.82) is 0 Å². The summed E-state index contributed by atoms with van der Waals surface area (Å²) in [5.74, 6) is -0.798. The largest absolute Gasteiger partial charge is 0.394 e. The molecule has 2 aromatic rings. The molecule has 2 aliphatic heterocycles. The fourth-order valence-corrected chi connectivity index (χ4v) is 3.73. The first kappa shape index (κ1) is 17.6. The van der Waals surface area contributed by atoms with Crippen LogP contribution in [-0.2, 0) is 28.3 Å². The van der Waals surface area contributed by atoms with E-state index in [-0.39, 0.29) is 12.7 Å². The lowest BCUT2D eigenvalue weighted by Gasteiger charge is -2.38. The van der Waals surface area contributed by atoms with Crippen molar-refractivity contribution in [2.45, 2.75) is 37.9 Å². The van der Waals surface area contributed by atoms with Crippen molar-refractivity contribution in [2.75, 3.05) is 19.7 Å². The molecular formula is C21H25NO4. The molecule has 26 heavy (non-hydrogen) atoms. The van der Waals surface area contributed by atoms with Crippen LogP contribution in [0.5, 0.6) is 0 Å². The molecule has 0 amide bonds. The number of ether oxygens (including phenoxy) is 2. The second-order valence-corrected chi connectivity index (χ2v) is 7.18. The monoisotopic (exact) mass is 355 g/mol. The molecule has 4 rings (SSSR count). The van der Waals surface area contributed by atoms with E-state index >= 15 is 0 Å². The standard InChI is InChI=1S/C21H25NO4/c1-14(24)17-5-2-15(3-6-17)8-16-4-7-18-12-25-21(20(18)9-16)13-22-10-19(11-23)26-21/h2-7,9,14,19,22-24H,8,10-13H2,1H3/t14?,19?,21-/m1/s1. The van der Waals surface area contributed by atoms with E-state index in [1.807, 2.05) is 12.1 Å². The fraction of sp³-hybridized carbons (Fsp3) is 0.429. The summed E-state index contributed by atoms with van der Waals surface area (Å²) in [6, 6.07) is 14.4. The SMILES string of the molecule is CC(O)c1ccc(Cc2ccc3c(c2)[C@]2(CNCC(CO)O2)OC3)cc1. The van der Waals surface area contributed by atoms with E-state index in [2.05, 4.69) is 35.6 Å². The molecule has 5 nitrogen and oxygen atoms in total. The zero-order valence-electron chi connectivity index (χ0n) is 14.9. The first-order valence-corrected chi connectivity index (χ1v) is 9.12. The highest BCUT2D eigenvalue weighted by Gasteiger charge is 2.45. The van der Waals surface area contributed by atoms with E-state index in [4.69, 9.17) is 9.47 Å². The van der Waals surface area contributed by atoms with Gasteiger partial charge in [-0.2, -0.15) is 0 Å². The van der Waals surface area contributed by atoms with Crippen LogP contribution in [0.1, 0.15) is 40.8 Å². The molecule has 2 unspecified atom stereocenters. The molecule has 0 bridgehead atoms. The van der Waals surface area contributed by atoms with Crippen LogP contribution >= 0.6 is 0 Å². The summed E-state index contributed by atoms with van der Waals surface area (Å²) in [5, 5.41) is 22.4. The van der Waals surface area contributed by atoms with Crippen molar-refractivity contribution < 1.29 is 19.7 Å². The van der Waals surface area contributed by atoms with Crippen LogP contribution in [0.4, 0.5) is 0 Å². The Balaban J connectivity index is 1.58. The number of hydrogen-bond acceptors (Lipinski definition) is 5. The van der Waals surface area contributed by atoms with Gasteiger partial charge in [0.1, 0.15) is 0 Å². The lowest BCUT2D eigenvalue weighted by molar-refractivity contribution is -0.277. The smallest absolute Gasteiger partial charge is 0.208 e. The molecule has 1 fully saturated rings. The molecule has 2 aromatic carbocycles. The third-order valence-electron chi connectivity index (χ3n) is 5.21. The number of aliphatic hydroxyl groups is 2. The predicted molar refractivity (Wildman–Crippen MR) is 97.6 cm³/mol. The maximum absolute atomic E-state index is 9.64. The Morgan fingerprint density at radius 3 is 2.69 bits per heavy atom. The zero-order valence-corrected chi connectivity index (χ0v) is 14.9. The number of nitrogens with one attached hydrogen (secondary N) is 1. The van der Waals surface area contributed by atoms with Gasteiger partial charge in [0.05, 0.1) is 32.0 Å². The third kappa shape index (κ3) is 3.29. The summed E-state index contributed by atoms with van der Waals surface area (Å²) in [4.78, 5) is 0. The van der Waals surface area contributed by atoms with Gasteiger partial charge in [-0.15, -0.1) is 0 Å². The highest BCUT2D eigenvalue weighted by molar-refractivity contribution is 5.40. The molecule has 0 saturated carbocycles. The minimum atomic E-state index is -0.798. The Kier molecular flexibility index (Phi) is 4.82. The molecule has 0 aromatic heterocycles. The van der Waals surface area contributed by atoms with Crippen molar-refractivity contribution in [3.8, 4) is 0 Å². The van der Waals surface area contributed by atoms with E-state index in [0.717, 1.165) is 23.1 Å². The molecule has 138 valence electrons. The second kappa shape index (κ2) is 7.10. The molecule has 0 aliphatic carbocycles. The summed E-state index contributed by atoms with van der Waals surface area (Å²) in [5.41, 5.74) is 5.50. The molecule has 1 saturated heterocycles. The minimum Gasteiger partial charge on any atom is -0.394 e. The Morgan fingerprint density at radius 2 is 1.96 bits per heavy atom. The molecular weight excluding hydrogens is 330 g/mol. The molecule has 2 aliphatic rings. The van der Waals surface area contributed by atoms with Gasteiger partial charge in [0.25, 0.3) is 0 Å². The number of morpholine rings is 1. The first-order chi connectivity index (χ1) is 12.6. The number of benzene rings is 2. The number of aliphatic hydroxyl groups excluding tert-OH is 2. The third-order valence-corrected chi connectivity index (χ3v) is 5.21. The number of hydrogen-bond donors (Lipinski definition) is 3. The summed E-state index contributed by atoms with van der Waals surface area (Å²) in [6.45, 7) is 3.49. The van der Waals surface area contributed by atoms with Crippen LogP contribution in [0.15, 0.2) is 42.5 Å². The first-order valence-electron chi connectivity index (χ1n) is 9.12. The summed E-state index contributed by atoms with van der Waals surface area (Å²) in [7, 11) is 0. The lowest BCUT2D eigenvalue weighted by Crippen LogP contribution is -2.53. The van der Waals surface area contributed by atoms with E-state index in [9.17, 15) is 10.2 Å². The average Bonchev–Trinajstić information content (AvgIpc) is 2.99.